The molecule has 0 spiro atoms. The van der Waals surface area contributed by atoms with E-state index in [1.54, 1.807) is 5.51 Å². The van der Waals surface area contributed by atoms with Crippen LogP contribution in [0.1, 0.15) is 6.42 Å². The summed E-state index contributed by atoms with van der Waals surface area (Å²) in [5, 5.41) is 8.66. The number of nitrogens with zero attached hydrogens (tertiary/aromatic N) is 3. The Balaban J connectivity index is 0.00000161. The first-order valence-electron chi connectivity index (χ1n) is 6.14. The van der Waals surface area contributed by atoms with E-state index in [1.165, 1.54) is 11.3 Å². The highest BCUT2D eigenvalue weighted by Gasteiger charge is 2.07. The van der Waals surface area contributed by atoms with Crippen molar-refractivity contribution in [2.75, 3.05) is 0 Å². The fourth-order valence-electron chi connectivity index (χ4n) is 1.91. The summed E-state index contributed by atoms with van der Waals surface area (Å²) >= 11 is 1.52. The Morgan fingerprint density at radius 1 is 1.24 bits per heavy atom. The number of halogens is 1. The SMILES string of the molecule is O=C(O)CC[n+]1ccc(-c2ccc3ncsc3n2)cc1.[Cl-]. The summed E-state index contributed by atoms with van der Waals surface area (Å²) in [4.78, 5) is 20.2. The molecule has 0 fully saturated rings. The molecule has 0 saturated heterocycles. The second kappa shape index (κ2) is 6.60. The van der Waals surface area contributed by atoms with E-state index in [0.717, 1.165) is 21.6 Å². The van der Waals surface area contributed by atoms with Crippen LogP contribution in [0.2, 0.25) is 0 Å². The van der Waals surface area contributed by atoms with Crippen LogP contribution in [-0.2, 0) is 11.3 Å². The number of carbonyl (C=O) groups is 1. The number of carboxylic acid groups (broad SMARTS) is 1. The fraction of sp³-hybridized carbons (Fsp3) is 0.143. The maximum atomic E-state index is 10.5. The van der Waals surface area contributed by atoms with Gasteiger partial charge >= 0.3 is 5.97 Å². The van der Waals surface area contributed by atoms with Gasteiger partial charge in [-0.05, 0) is 12.1 Å². The van der Waals surface area contributed by atoms with E-state index in [-0.39, 0.29) is 18.8 Å². The van der Waals surface area contributed by atoms with Crippen molar-refractivity contribution < 1.29 is 26.9 Å². The van der Waals surface area contributed by atoms with Crippen molar-refractivity contribution in [1.29, 1.82) is 0 Å². The molecule has 7 heteroatoms. The Kier molecular flexibility index (Phi) is 4.82. The minimum Gasteiger partial charge on any atom is -1.00 e. The zero-order valence-corrected chi connectivity index (χ0v) is 12.5. The Morgan fingerprint density at radius 2 is 2.00 bits per heavy atom. The number of aliphatic carboxylic acids is 1. The van der Waals surface area contributed by atoms with Crippen molar-refractivity contribution in [2.24, 2.45) is 0 Å². The highest BCUT2D eigenvalue weighted by Crippen LogP contribution is 2.21. The van der Waals surface area contributed by atoms with Crippen LogP contribution < -0.4 is 17.0 Å². The van der Waals surface area contributed by atoms with Gasteiger partial charge in [-0.1, -0.05) is 0 Å². The van der Waals surface area contributed by atoms with Crippen LogP contribution in [0.5, 0.6) is 0 Å². The topological polar surface area (TPSA) is 67.0 Å². The van der Waals surface area contributed by atoms with Crippen LogP contribution in [0.3, 0.4) is 0 Å². The summed E-state index contributed by atoms with van der Waals surface area (Å²) in [7, 11) is 0. The predicted octanol–water partition coefficient (Wildman–Crippen LogP) is -0.876. The summed E-state index contributed by atoms with van der Waals surface area (Å²) in [6.07, 6.45) is 3.86. The number of aromatic nitrogens is 3. The second-order valence-electron chi connectivity index (χ2n) is 4.34. The zero-order chi connectivity index (χ0) is 13.9. The van der Waals surface area contributed by atoms with Crippen molar-refractivity contribution in [3.05, 3.63) is 42.2 Å². The van der Waals surface area contributed by atoms with E-state index >= 15 is 0 Å². The molecule has 1 N–H and O–H groups in total. The van der Waals surface area contributed by atoms with Gasteiger partial charge in [0, 0.05) is 17.7 Å². The molecule has 3 rings (SSSR count). The van der Waals surface area contributed by atoms with Gasteiger partial charge < -0.3 is 17.5 Å². The lowest BCUT2D eigenvalue weighted by molar-refractivity contribution is -0.695. The van der Waals surface area contributed by atoms with Crippen molar-refractivity contribution in [1.82, 2.24) is 9.97 Å². The Labute approximate surface area is 131 Å². The molecular weight excluding hydrogens is 310 g/mol. The molecule has 0 amide bonds. The first-order valence-corrected chi connectivity index (χ1v) is 7.02. The van der Waals surface area contributed by atoms with Gasteiger partial charge in [-0.3, -0.25) is 4.79 Å². The normalized spacial score (nSPS) is 10.3. The molecule has 3 aromatic rings. The van der Waals surface area contributed by atoms with E-state index < -0.39 is 5.97 Å². The van der Waals surface area contributed by atoms with E-state index in [0.29, 0.717) is 6.54 Å². The second-order valence-corrected chi connectivity index (χ2v) is 5.17. The highest BCUT2D eigenvalue weighted by molar-refractivity contribution is 7.16. The third-order valence-corrected chi connectivity index (χ3v) is 3.70. The summed E-state index contributed by atoms with van der Waals surface area (Å²) in [5.41, 5.74) is 4.59. The van der Waals surface area contributed by atoms with Gasteiger partial charge in [-0.25, -0.2) is 14.5 Å². The van der Waals surface area contributed by atoms with Crippen LogP contribution in [0, 0.1) is 0 Å². The van der Waals surface area contributed by atoms with Gasteiger partial charge in [0.2, 0.25) is 0 Å². The average molecular weight is 322 g/mol. The Morgan fingerprint density at radius 3 is 2.71 bits per heavy atom. The molecular formula is C14H12ClN3O2S. The van der Waals surface area contributed by atoms with Crippen molar-refractivity contribution >= 4 is 27.7 Å². The smallest absolute Gasteiger partial charge is 0.309 e. The maximum absolute atomic E-state index is 10.5. The van der Waals surface area contributed by atoms with E-state index in [1.807, 2.05) is 41.2 Å². The van der Waals surface area contributed by atoms with Gasteiger partial charge in [0.05, 0.1) is 16.7 Å². The minimum absolute atomic E-state index is 0. The van der Waals surface area contributed by atoms with E-state index in [9.17, 15) is 4.79 Å². The van der Waals surface area contributed by atoms with Crippen LogP contribution in [0.4, 0.5) is 0 Å². The molecule has 0 aliphatic rings. The van der Waals surface area contributed by atoms with Gasteiger partial charge in [0.15, 0.2) is 18.9 Å². The fourth-order valence-corrected chi connectivity index (χ4v) is 2.57. The van der Waals surface area contributed by atoms with Crippen LogP contribution in [-0.4, -0.2) is 21.0 Å². The van der Waals surface area contributed by atoms with E-state index in [2.05, 4.69) is 9.97 Å². The average Bonchev–Trinajstić information content (AvgIpc) is 2.93. The Hall–Kier alpha value is -2.05. The summed E-state index contributed by atoms with van der Waals surface area (Å²) in [6, 6.07) is 7.78. The van der Waals surface area contributed by atoms with Crippen molar-refractivity contribution in [2.45, 2.75) is 13.0 Å². The molecule has 0 radical (unpaired) electrons. The molecule has 5 nitrogen and oxygen atoms in total. The van der Waals surface area contributed by atoms with Gasteiger partial charge in [0.1, 0.15) is 11.3 Å². The predicted molar refractivity (Wildman–Crippen MR) is 75.3 cm³/mol. The minimum atomic E-state index is -0.793. The molecule has 0 bridgehead atoms. The first-order chi connectivity index (χ1) is 9.72. The standard InChI is InChI=1S/C14H11N3O2S.ClH/c18-13(19)5-8-17-6-3-10(4-7-17)11-1-2-12-14(16-11)20-9-15-12;/h1-4,6-7,9H,5,8H2;1H. The van der Waals surface area contributed by atoms with Gasteiger partial charge in [0.25, 0.3) is 0 Å². The molecule has 0 aromatic carbocycles. The third kappa shape index (κ3) is 3.53. The number of hydrogen-bond donors (Lipinski definition) is 1. The largest absolute Gasteiger partial charge is 1.00 e. The van der Waals surface area contributed by atoms with Gasteiger partial charge in [-0.15, -0.1) is 11.3 Å². The lowest BCUT2D eigenvalue weighted by Gasteiger charge is -2.00. The summed E-state index contributed by atoms with van der Waals surface area (Å²) in [6.45, 7) is 0.469. The molecule has 0 unspecified atom stereocenters. The molecule has 0 saturated carbocycles. The molecule has 0 aliphatic heterocycles. The quantitative estimate of drug-likeness (QED) is 0.634. The number of hydrogen-bond acceptors (Lipinski definition) is 4. The maximum Gasteiger partial charge on any atom is 0.309 e. The third-order valence-electron chi connectivity index (χ3n) is 2.97. The number of carboxylic acids is 1. The highest BCUT2D eigenvalue weighted by atomic mass is 35.5. The molecule has 3 heterocycles. The molecule has 3 aromatic heterocycles. The number of fused-ring (bicyclic) bond motifs is 1. The lowest BCUT2D eigenvalue weighted by Crippen LogP contribution is -3.00. The Bertz CT molecular complexity index is 758. The summed E-state index contributed by atoms with van der Waals surface area (Å²) in [5.74, 6) is -0.793. The van der Waals surface area contributed by atoms with Crippen LogP contribution >= 0.6 is 11.3 Å². The van der Waals surface area contributed by atoms with Crippen molar-refractivity contribution in [3.63, 3.8) is 0 Å². The number of thiazole rings is 1. The van der Waals surface area contributed by atoms with Gasteiger partial charge in [-0.2, -0.15) is 0 Å². The van der Waals surface area contributed by atoms with Crippen molar-refractivity contribution in [3.8, 4) is 11.3 Å². The number of rotatable bonds is 4. The molecule has 0 atom stereocenters. The first kappa shape index (κ1) is 15.3. The van der Waals surface area contributed by atoms with Crippen LogP contribution in [0.15, 0.2) is 42.2 Å². The van der Waals surface area contributed by atoms with Crippen LogP contribution in [0.25, 0.3) is 21.6 Å². The molecule has 108 valence electrons. The zero-order valence-electron chi connectivity index (χ0n) is 10.9. The lowest BCUT2D eigenvalue weighted by atomic mass is 10.2. The monoisotopic (exact) mass is 321 g/mol. The number of pyridine rings is 2. The number of aryl methyl sites for hydroxylation is 1. The molecule has 0 aliphatic carbocycles. The summed E-state index contributed by atoms with van der Waals surface area (Å²) < 4.78 is 1.85. The molecule has 21 heavy (non-hydrogen) atoms. The van der Waals surface area contributed by atoms with E-state index in [4.69, 9.17) is 5.11 Å².